The van der Waals surface area contributed by atoms with Crippen molar-refractivity contribution in [2.24, 2.45) is 5.92 Å². The lowest BCUT2D eigenvalue weighted by molar-refractivity contribution is -0.135. The summed E-state index contributed by atoms with van der Waals surface area (Å²) >= 11 is 5.73. The lowest BCUT2D eigenvalue weighted by Crippen LogP contribution is -2.45. The van der Waals surface area contributed by atoms with E-state index in [0.717, 1.165) is 12.8 Å². The fourth-order valence-corrected chi connectivity index (χ4v) is 2.81. The lowest BCUT2D eigenvalue weighted by atomic mass is 9.96. The summed E-state index contributed by atoms with van der Waals surface area (Å²) in [6, 6.07) is 1.25. The van der Waals surface area contributed by atoms with Crippen molar-refractivity contribution in [3.63, 3.8) is 0 Å². The van der Waals surface area contributed by atoms with Gasteiger partial charge in [-0.3, -0.25) is 4.79 Å². The second-order valence-electron chi connectivity index (χ2n) is 5.50. The Morgan fingerprint density at radius 2 is 2.41 bits per heavy atom. The summed E-state index contributed by atoms with van der Waals surface area (Å²) in [5, 5.41) is 0.269. The number of rotatable bonds is 5. The first-order chi connectivity index (χ1) is 10.5. The number of carbonyl (C=O) groups excluding carboxylic acids is 1. The number of halogens is 2. The van der Waals surface area contributed by atoms with E-state index < -0.39 is 5.82 Å². The Hall–Kier alpha value is -1.40. The molecule has 2 heterocycles. The van der Waals surface area contributed by atoms with E-state index in [1.807, 2.05) is 4.90 Å². The van der Waals surface area contributed by atoms with Crippen molar-refractivity contribution < 1.29 is 13.9 Å². The number of methoxy groups -OCH3 is 1. The highest BCUT2D eigenvalue weighted by Gasteiger charge is 2.29. The minimum Gasteiger partial charge on any atom is -0.383 e. The number of ether oxygens (including phenoxy) is 1. The standard InChI is InChI=1S/C15H21ClFN3O2/c1-19(6-7-22-2)15(21)11-4-3-5-20(10-11)14-13(17)8-12(16)9-18-14/h8-9,11H,3-7,10H2,1-2H3/t11-/m0/s1. The molecule has 1 aliphatic rings. The van der Waals surface area contributed by atoms with Crippen LogP contribution in [0.4, 0.5) is 10.2 Å². The third-order valence-corrected chi connectivity index (χ3v) is 4.07. The molecule has 5 nitrogen and oxygen atoms in total. The van der Waals surface area contributed by atoms with Crippen LogP contribution in [0.1, 0.15) is 12.8 Å². The number of amides is 1. The normalized spacial score (nSPS) is 18.4. The average Bonchev–Trinajstić information content (AvgIpc) is 2.52. The fraction of sp³-hybridized carbons (Fsp3) is 0.600. The van der Waals surface area contributed by atoms with E-state index in [-0.39, 0.29) is 22.7 Å². The van der Waals surface area contributed by atoms with Gasteiger partial charge in [-0.05, 0) is 18.9 Å². The van der Waals surface area contributed by atoms with Crippen LogP contribution in [-0.2, 0) is 9.53 Å². The fourth-order valence-electron chi connectivity index (χ4n) is 2.66. The Kier molecular flexibility index (Phi) is 5.97. The highest BCUT2D eigenvalue weighted by atomic mass is 35.5. The summed E-state index contributed by atoms with van der Waals surface area (Å²) in [5.74, 6) is -0.265. The van der Waals surface area contributed by atoms with Crippen molar-refractivity contribution in [3.05, 3.63) is 23.1 Å². The van der Waals surface area contributed by atoms with Gasteiger partial charge in [-0.2, -0.15) is 0 Å². The summed E-state index contributed by atoms with van der Waals surface area (Å²) in [5.41, 5.74) is 0. The molecule has 1 saturated heterocycles. The van der Waals surface area contributed by atoms with Gasteiger partial charge in [0.2, 0.25) is 5.91 Å². The van der Waals surface area contributed by atoms with Gasteiger partial charge < -0.3 is 14.5 Å². The molecular weight excluding hydrogens is 309 g/mol. The molecule has 1 atom stereocenters. The highest BCUT2D eigenvalue weighted by Crippen LogP contribution is 2.26. The first-order valence-electron chi connectivity index (χ1n) is 7.33. The number of nitrogens with zero attached hydrogens (tertiary/aromatic N) is 3. The SMILES string of the molecule is COCCN(C)C(=O)[C@H]1CCCN(c2ncc(Cl)cc2F)C1. The van der Waals surface area contributed by atoms with Crippen LogP contribution in [0.5, 0.6) is 0 Å². The second-order valence-corrected chi connectivity index (χ2v) is 5.93. The Balaban J connectivity index is 2.03. The van der Waals surface area contributed by atoms with Gasteiger partial charge >= 0.3 is 0 Å². The molecule has 7 heteroatoms. The quantitative estimate of drug-likeness (QED) is 0.831. The molecule has 1 aliphatic heterocycles. The van der Waals surface area contributed by atoms with Gasteiger partial charge in [0.25, 0.3) is 0 Å². The predicted molar refractivity (Wildman–Crippen MR) is 83.7 cm³/mol. The van der Waals surface area contributed by atoms with Gasteiger partial charge in [-0.25, -0.2) is 9.37 Å². The van der Waals surface area contributed by atoms with Crippen LogP contribution in [-0.4, -0.2) is 56.2 Å². The van der Waals surface area contributed by atoms with Crippen LogP contribution >= 0.6 is 11.6 Å². The zero-order chi connectivity index (χ0) is 16.1. The molecule has 1 amide bonds. The first-order valence-corrected chi connectivity index (χ1v) is 7.70. The van der Waals surface area contributed by atoms with E-state index in [0.29, 0.717) is 26.2 Å². The molecule has 1 aromatic rings. The van der Waals surface area contributed by atoms with Gasteiger partial charge in [-0.15, -0.1) is 0 Å². The summed E-state index contributed by atoms with van der Waals surface area (Å²) in [7, 11) is 3.37. The van der Waals surface area contributed by atoms with E-state index in [9.17, 15) is 9.18 Å². The summed E-state index contributed by atoms with van der Waals surface area (Å²) < 4.78 is 19.0. The minimum atomic E-state index is -0.451. The number of anilines is 1. The van der Waals surface area contributed by atoms with Crippen molar-refractivity contribution in [2.75, 3.05) is 45.3 Å². The highest BCUT2D eigenvalue weighted by molar-refractivity contribution is 6.30. The third-order valence-electron chi connectivity index (χ3n) is 3.87. The van der Waals surface area contributed by atoms with Gasteiger partial charge in [0.1, 0.15) is 0 Å². The Labute approximate surface area is 135 Å². The Bertz CT molecular complexity index is 530. The van der Waals surface area contributed by atoms with E-state index in [2.05, 4.69) is 4.98 Å². The Morgan fingerprint density at radius 1 is 1.64 bits per heavy atom. The van der Waals surface area contributed by atoms with Crippen molar-refractivity contribution in [2.45, 2.75) is 12.8 Å². The van der Waals surface area contributed by atoms with Crippen LogP contribution in [0.25, 0.3) is 0 Å². The van der Waals surface area contributed by atoms with Crippen LogP contribution in [0.3, 0.4) is 0 Å². The molecule has 22 heavy (non-hydrogen) atoms. The second kappa shape index (κ2) is 7.74. The number of likely N-dealkylation sites (N-methyl/N-ethyl adjacent to an activating group) is 1. The number of hydrogen-bond donors (Lipinski definition) is 0. The van der Waals surface area contributed by atoms with Crippen molar-refractivity contribution in [1.29, 1.82) is 0 Å². The zero-order valence-electron chi connectivity index (χ0n) is 12.9. The predicted octanol–water partition coefficient (Wildman–Crippen LogP) is 2.20. The summed E-state index contributed by atoms with van der Waals surface area (Å²) in [4.78, 5) is 20.0. The molecule has 0 radical (unpaired) electrons. The molecule has 1 fully saturated rings. The van der Waals surface area contributed by atoms with E-state index >= 15 is 0 Å². The molecule has 0 unspecified atom stereocenters. The van der Waals surface area contributed by atoms with Gasteiger partial charge in [0.05, 0.1) is 17.5 Å². The maximum Gasteiger partial charge on any atom is 0.227 e. The molecule has 0 saturated carbocycles. The first kappa shape index (κ1) is 17.0. The Morgan fingerprint density at radius 3 is 3.09 bits per heavy atom. The zero-order valence-corrected chi connectivity index (χ0v) is 13.6. The molecule has 2 rings (SSSR count). The van der Waals surface area contributed by atoms with Gasteiger partial charge in [-0.1, -0.05) is 11.6 Å². The number of aromatic nitrogens is 1. The maximum absolute atomic E-state index is 14.0. The van der Waals surface area contributed by atoms with Crippen molar-refractivity contribution >= 4 is 23.3 Å². The molecule has 0 spiro atoms. The van der Waals surface area contributed by atoms with Crippen molar-refractivity contribution in [3.8, 4) is 0 Å². The summed E-state index contributed by atoms with van der Waals surface area (Å²) in [6.07, 6.45) is 3.07. The van der Waals surface area contributed by atoms with Crippen LogP contribution < -0.4 is 4.90 Å². The van der Waals surface area contributed by atoms with E-state index in [4.69, 9.17) is 16.3 Å². The number of piperidine rings is 1. The van der Waals surface area contributed by atoms with Crippen LogP contribution in [0, 0.1) is 11.7 Å². The number of carbonyl (C=O) groups is 1. The number of hydrogen-bond acceptors (Lipinski definition) is 4. The van der Waals surface area contributed by atoms with E-state index in [1.54, 1.807) is 19.1 Å². The molecule has 0 bridgehead atoms. The molecular formula is C15H21ClFN3O2. The van der Waals surface area contributed by atoms with E-state index in [1.165, 1.54) is 12.3 Å². The van der Waals surface area contributed by atoms with Gasteiger partial charge in [0, 0.05) is 40.0 Å². The van der Waals surface area contributed by atoms with Gasteiger partial charge in [0.15, 0.2) is 11.6 Å². The van der Waals surface area contributed by atoms with Crippen LogP contribution in [0.2, 0.25) is 5.02 Å². The lowest BCUT2D eigenvalue weighted by Gasteiger charge is -2.34. The largest absolute Gasteiger partial charge is 0.383 e. The average molecular weight is 330 g/mol. The molecule has 122 valence electrons. The molecule has 0 aromatic carbocycles. The van der Waals surface area contributed by atoms with Crippen LogP contribution in [0.15, 0.2) is 12.3 Å². The maximum atomic E-state index is 14.0. The minimum absolute atomic E-state index is 0.0659. The number of pyridine rings is 1. The third kappa shape index (κ3) is 4.08. The molecule has 0 aliphatic carbocycles. The topological polar surface area (TPSA) is 45.7 Å². The van der Waals surface area contributed by atoms with Crippen molar-refractivity contribution in [1.82, 2.24) is 9.88 Å². The summed E-state index contributed by atoms with van der Waals surface area (Å²) in [6.45, 7) is 2.23. The molecule has 1 aromatic heterocycles. The smallest absolute Gasteiger partial charge is 0.227 e. The molecule has 0 N–H and O–H groups in total. The monoisotopic (exact) mass is 329 g/mol.